The molecule has 0 fully saturated rings. The minimum absolute atomic E-state index is 0.0658. The predicted molar refractivity (Wildman–Crippen MR) is 91.7 cm³/mol. The molecule has 2 rings (SSSR count). The molecule has 24 heavy (non-hydrogen) atoms. The molecule has 0 aromatic heterocycles. The third-order valence-electron chi connectivity index (χ3n) is 3.64. The second kappa shape index (κ2) is 7.50. The number of rotatable bonds is 5. The minimum Gasteiger partial charge on any atom is -0.458 e. The largest absolute Gasteiger partial charge is 0.458 e. The molecule has 0 aliphatic heterocycles. The number of para-hydroxylation sites is 2. The highest BCUT2D eigenvalue weighted by Gasteiger charge is 2.14. The van der Waals surface area contributed by atoms with Crippen molar-refractivity contribution in [3.05, 3.63) is 58.7 Å². The van der Waals surface area contributed by atoms with E-state index in [4.69, 9.17) is 20.9 Å². The number of carbonyl (C=O) groups excluding carboxylic acids is 2. The van der Waals surface area contributed by atoms with Gasteiger partial charge in [-0.05, 0) is 37.1 Å². The van der Waals surface area contributed by atoms with Crippen molar-refractivity contribution in [2.45, 2.75) is 13.8 Å². The van der Waals surface area contributed by atoms with Crippen LogP contribution in [0, 0.1) is 13.8 Å². The molecule has 0 unspecified atom stereocenters. The van der Waals surface area contributed by atoms with E-state index in [9.17, 15) is 9.59 Å². The molecule has 0 atom stereocenters. The van der Waals surface area contributed by atoms with Crippen LogP contribution in [0.1, 0.15) is 31.8 Å². The summed E-state index contributed by atoms with van der Waals surface area (Å²) in [4.78, 5) is 23.9. The Hall–Kier alpha value is -3.02. The molecule has 0 radical (unpaired) electrons. The van der Waals surface area contributed by atoms with Gasteiger partial charge in [0.05, 0.1) is 11.1 Å². The Balaban J connectivity index is 1.86. The predicted octanol–water partition coefficient (Wildman–Crippen LogP) is 2.48. The lowest BCUT2D eigenvalue weighted by atomic mass is 10.1. The van der Waals surface area contributed by atoms with Crippen molar-refractivity contribution in [2.75, 3.05) is 24.7 Å². The second-order valence-corrected chi connectivity index (χ2v) is 5.34. The molecule has 2 aromatic rings. The van der Waals surface area contributed by atoms with Crippen molar-refractivity contribution < 1.29 is 19.1 Å². The number of aryl methyl sites for hydroxylation is 2. The van der Waals surface area contributed by atoms with E-state index in [1.54, 1.807) is 50.2 Å². The molecular weight excluding hydrogens is 308 g/mol. The van der Waals surface area contributed by atoms with Gasteiger partial charge in [-0.25, -0.2) is 9.59 Å². The molecule has 0 saturated carbocycles. The number of hydrogen-bond acceptors (Lipinski definition) is 6. The Morgan fingerprint density at radius 2 is 1.17 bits per heavy atom. The van der Waals surface area contributed by atoms with Gasteiger partial charge in [-0.2, -0.15) is 0 Å². The van der Waals surface area contributed by atoms with Gasteiger partial charge in [0.15, 0.2) is 0 Å². The van der Waals surface area contributed by atoms with E-state index < -0.39 is 11.9 Å². The number of ether oxygens (including phenoxy) is 2. The number of hydrogen-bond donors (Lipinski definition) is 2. The van der Waals surface area contributed by atoms with Crippen LogP contribution in [0.3, 0.4) is 0 Å². The normalized spacial score (nSPS) is 10.2. The third kappa shape index (κ3) is 3.84. The second-order valence-electron chi connectivity index (χ2n) is 5.34. The van der Waals surface area contributed by atoms with Crippen molar-refractivity contribution in [1.82, 2.24) is 0 Å². The average Bonchev–Trinajstić information content (AvgIpc) is 2.56. The monoisotopic (exact) mass is 328 g/mol. The topological polar surface area (TPSA) is 105 Å². The fraction of sp³-hybridized carbons (Fsp3) is 0.222. The van der Waals surface area contributed by atoms with Gasteiger partial charge >= 0.3 is 11.9 Å². The summed E-state index contributed by atoms with van der Waals surface area (Å²) in [5.74, 6) is -1.11. The molecule has 0 aliphatic carbocycles. The van der Waals surface area contributed by atoms with Crippen LogP contribution in [0.2, 0.25) is 0 Å². The number of anilines is 2. The first-order chi connectivity index (χ1) is 11.4. The summed E-state index contributed by atoms with van der Waals surface area (Å²) < 4.78 is 10.2. The van der Waals surface area contributed by atoms with E-state index in [0.717, 1.165) is 11.1 Å². The lowest BCUT2D eigenvalue weighted by Crippen LogP contribution is -2.16. The van der Waals surface area contributed by atoms with Gasteiger partial charge in [0.2, 0.25) is 0 Å². The highest BCUT2D eigenvalue weighted by Crippen LogP contribution is 2.18. The van der Waals surface area contributed by atoms with E-state index in [-0.39, 0.29) is 13.2 Å². The zero-order chi connectivity index (χ0) is 17.7. The molecule has 0 heterocycles. The standard InChI is InChI=1S/C18H20N2O4/c1-11-5-3-7-13(15(11)19)17(21)23-9-10-24-18(22)14-8-4-6-12(2)16(14)20/h3-8H,9-10,19-20H2,1-2H3. The highest BCUT2D eigenvalue weighted by atomic mass is 16.6. The maximum absolute atomic E-state index is 12.0. The molecule has 0 bridgehead atoms. The van der Waals surface area contributed by atoms with Crippen LogP contribution in [0.4, 0.5) is 11.4 Å². The SMILES string of the molecule is Cc1cccc(C(=O)OCCOC(=O)c2cccc(C)c2N)c1N. The fourth-order valence-corrected chi connectivity index (χ4v) is 2.14. The number of nitrogens with two attached hydrogens (primary N) is 2. The van der Waals surface area contributed by atoms with Crippen LogP contribution >= 0.6 is 0 Å². The van der Waals surface area contributed by atoms with Crippen molar-refractivity contribution in [2.24, 2.45) is 0 Å². The summed E-state index contributed by atoms with van der Waals surface area (Å²) in [7, 11) is 0. The first-order valence-corrected chi connectivity index (χ1v) is 7.46. The van der Waals surface area contributed by atoms with E-state index >= 15 is 0 Å². The van der Waals surface area contributed by atoms with Crippen molar-refractivity contribution in [1.29, 1.82) is 0 Å². The Labute approximate surface area is 140 Å². The van der Waals surface area contributed by atoms with Crippen LogP contribution in [0.25, 0.3) is 0 Å². The Bertz CT molecular complexity index is 706. The van der Waals surface area contributed by atoms with E-state index in [0.29, 0.717) is 22.5 Å². The highest BCUT2D eigenvalue weighted by molar-refractivity contribution is 5.96. The third-order valence-corrected chi connectivity index (χ3v) is 3.64. The molecule has 126 valence electrons. The number of benzene rings is 2. The average molecular weight is 328 g/mol. The van der Waals surface area contributed by atoms with Crippen LogP contribution in [-0.4, -0.2) is 25.2 Å². The van der Waals surface area contributed by atoms with Crippen LogP contribution in [0.15, 0.2) is 36.4 Å². The molecule has 4 N–H and O–H groups in total. The zero-order valence-corrected chi connectivity index (χ0v) is 13.7. The van der Waals surface area contributed by atoms with Crippen LogP contribution in [0.5, 0.6) is 0 Å². The molecule has 2 aromatic carbocycles. The summed E-state index contributed by atoms with van der Waals surface area (Å²) in [6, 6.07) is 10.2. The van der Waals surface area contributed by atoms with Crippen LogP contribution in [-0.2, 0) is 9.47 Å². The summed E-state index contributed by atoms with van der Waals surface area (Å²) in [5.41, 5.74) is 14.6. The van der Waals surface area contributed by atoms with Gasteiger partial charge in [-0.3, -0.25) is 0 Å². The number of carbonyl (C=O) groups is 2. The molecular formula is C18H20N2O4. The van der Waals surface area contributed by atoms with Gasteiger partial charge in [0, 0.05) is 11.4 Å². The van der Waals surface area contributed by atoms with Crippen molar-refractivity contribution in [3.8, 4) is 0 Å². The van der Waals surface area contributed by atoms with E-state index in [2.05, 4.69) is 0 Å². The van der Waals surface area contributed by atoms with E-state index in [1.807, 2.05) is 0 Å². The fourth-order valence-electron chi connectivity index (χ4n) is 2.14. The summed E-state index contributed by atoms with van der Waals surface area (Å²) in [6.45, 7) is 3.48. The lowest BCUT2D eigenvalue weighted by molar-refractivity contribution is 0.0267. The molecule has 0 spiro atoms. The number of esters is 2. The molecule has 6 nitrogen and oxygen atoms in total. The van der Waals surface area contributed by atoms with Gasteiger partial charge in [-0.15, -0.1) is 0 Å². The first kappa shape index (κ1) is 17.3. The summed E-state index contributed by atoms with van der Waals surface area (Å²) in [6.07, 6.45) is 0. The van der Waals surface area contributed by atoms with Crippen LogP contribution < -0.4 is 11.5 Å². The van der Waals surface area contributed by atoms with E-state index in [1.165, 1.54) is 0 Å². The van der Waals surface area contributed by atoms with Crippen molar-refractivity contribution >= 4 is 23.3 Å². The maximum Gasteiger partial charge on any atom is 0.340 e. The van der Waals surface area contributed by atoms with Gasteiger partial charge in [0.25, 0.3) is 0 Å². The Kier molecular flexibility index (Phi) is 5.42. The maximum atomic E-state index is 12.0. The van der Waals surface area contributed by atoms with Crippen molar-refractivity contribution in [3.63, 3.8) is 0 Å². The summed E-state index contributed by atoms with van der Waals surface area (Å²) >= 11 is 0. The molecule has 0 aliphatic rings. The van der Waals surface area contributed by atoms with Gasteiger partial charge in [-0.1, -0.05) is 24.3 Å². The Morgan fingerprint density at radius 3 is 1.54 bits per heavy atom. The first-order valence-electron chi connectivity index (χ1n) is 7.46. The smallest absolute Gasteiger partial charge is 0.340 e. The lowest BCUT2D eigenvalue weighted by Gasteiger charge is -2.10. The quantitative estimate of drug-likeness (QED) is 0.496. The van der Waals surface area contributed by atoms with Gasteiger partial charge < -0.3 is 20.9 Å². The van der Waals surface area contributed by atoms with Gasteiger partial charge in [0.1, 0.15) is 13.2 Å². The number of nitrogen functional groups attached to an aromatic ring is 2. The Morgan fingerprint density at radius 1 is 0.792 bits per heavy atom. The zero-order valence-electron chi connectivity index (χ0n) is 13.7. The molecule has 0 amide bonds. The molecule has 6 heteroatoms. The summed E-state index contributed by atoms with van der Waals surface area (Å²) in [5, 5.41) is 0. The molecule has 0 saturated heterocycles. The minimum atomic E-state index is -0.553.